The Kier molecular flexibility index (Phi) is 3.65. The van der Waals surface area contributed by atoms with Gasteiger partial charge in [-0.3, -0.25) is 4.79 Å². The van der Waals surface area contributed by atoms with E-state index < -0.39 is 11.7 Å². The normalized spacial score (nSPS) is 10.1. The van der Waals surface area contributed by atoms with Gasteiger partial charge in [-0.25, -0.2) is 0 Å². The highest BCUT2D eigenvalue weighted by molar-refractivity contribution is 6.06. The van der Waals surface area contributed by atoms with Crippen LogP contribution in [0.5, 0.6) is 17.2 Å². The molecule has 2 rings (SSSR count). The molecule has 0 spiro atoms. The molecule has 6 nitrogen and oxygen atoms in total. The van der Waals surface area contributed by atoms with E-state index in [1.54, 1.807) is 12.1 Å². The predicted octanol–water partition coefficient (Wildman–Crippen LogP) is 1.94. The Balaban J connectivity index is 2.24. The maximum absolute atomic E-state index is 12.0. The fraction of sp³-hybridized carbons (Fsp3) is 0.0714. The van der Waals surface area contributed by atoms with E-state index in [4.69, 9.17) is 10.5 Å². The molecule has 0 aromatic heterocycles. The van der Waals surface area contributed by atoms with Gasteiger partial charge in [0, 0.05) is 5.69 Å². The SMILES string of the molecule is COc1ccc(NC(=O)c2cccc(O)c2O)cc1N. The highest BCUT2D eigenvalue weighted by atomic mass is 16.5. The van der Waals surface area contributed by atoms with Crippen molar-refractivity contribution in [2.45, 2.75) is 0 Å². The Bertz CT molecular complexity index is 656. The molecule has 0 saturated heterocycles. The topological polar surface area (TPSA) is 105 Å². The van der Waals surface area contributed by atoms with Crippen LogP contribution in [0.3, 0.4) is 0 Å². The Morgan fingerprint density at radius 2 is 2.00 bits per heavy atom. The fourth-order valence-corrected chi connectivity index (χ4v) is 1.73. The fourth-order valence-electron chi connectivity index (χ4n) is 1.73. The molecule has 0 fully saturated rings. The second kappa shape index (κ2) is 5.40. The number of carbonyl (C=O) groups excluding carboxylic acids is 1. The summed E-state index contributed by atoms with van der Waals surface area (Å²) in [4.78, 5) is 12.0. The Labute approximate surface area is 115 Å². The standard InChI is InChI=1S/C14H14N2O4/c1-20-12-6-5-8(7-10(12)15)16-14(19)9-3-2-4-11(17)13(9)18/h2-7,17-18H,15H2,1H3,(H,16,19). The number of ether oxygens (including phenoxy) is 1. The molecule has 1 amide bonds. The lowest BCUT2D eigenvalue weighted by Crippen LogP contribution is -2.12. The number of hydrogen-bond donors (Lipinski definition) is 4. The minimum atomic E-state index is -0.553. The van der Waals surface area contributed by atoms with Gasteiger partial charge >= 0.3 is 0 Å². The summed E-state index contributed by atoms with van der Waals surface area (Å²) in [5.41, 5.74) is 6.54. The van der Waals surface area contributed by atoms with E-state index in [0.29, 0.717) is 17.1 Å². The minimum Gasteiger partial charge on any atom is -0.504 e. The van der Waals surface area contributed by atoms with Crippen LogP contribution in [0.4, 0.5) is 11.4 Å². The summed E-state index contributed by atoms with van der Waals surface area (Å²) in [5, 5.41) is 21.6. The lowest BCUT2D eigenvalue weighted by molar-refractivity contribution is 0.102. The molecule has 5 N–H and O–H groups in total. The highest BCUT2D eigenvalue weighted by Gasteiger charge is 2.14. The van der Waals surface area contributed by atoms with Crippen LogP contribution in [0.25, 0.3) is 0 Å². The molecule has 0 saturated carbocycles. The van der Waals surface area contributed by atoms with Gasteiger partial charge in [-0.15, -0.1) is 0 Å². The molecular weight excluding hydrogens is 260 g/mol. The van der Waals surface area contributed by atoms with Gasteiger partial charge in [0.1, 0.15) is 5.75 Å². The van der Waals surface area contributed by atoms with E-state index in [0.717, 1.165) is 0 Å². The summed E-state index contributed by atoms with van der Waals surface area (Å²) in [6.45, 7) is 0. The van der Waals surface area contributed by atoms with Crippen LogP contribution >= 0.6 is 0 Å². The van der Waals surface area contributed by atoms with Crippen LogP contribution in [0.2, 0.25) is 0 Å². The summed E-state index contributed by atoms with van der Waals surface area (Å²) in [6.07, 6.45) is 0. The van der Waals surface area contributed by atoms with Gasteiger partial charge in [-0.05, 0) is 30.3 Å². The molecule has 2 aromatic rings. The van der Waals surface area contributed by atoms with Crippen LogP contribution in [0.15, 0.2) is 36.4 Å². The van der Waals surface area contributed by atoms with Crippen molar-refractivity contribution >= 4 is 17.3 Å². The van der Waals surface area contributed by atoms with Crippen LogP contribution in [0, 0.1) is 0 Å². The Morgan fingerprint density at radius 1 is 1.25 bits per heavy atom. The van der Waals surface area contributed by atoms with Gasteiger partial charge in [-0.1, -0.05) is 6.07 Å². The number of amides is 1. The number of phenolic OH excluding ortho intramolecular Hbond substituents is 2. The predicted molar refractivity (Wildman–Crippen MR) is 75.1 cm³/mol. The summed E-state index contributed by atoms with van der Waals surface area (Å²) >= 11 is 0. The van der Waals surface area contributed by atoms with Crippen molar-refractivity contribution in [3.63, 3.8) is 0 Å². The molecule has 0 heterocycles. The maximum Gasteiger partial charge on any atom is 0.259 e. The molecule has 0 aliphatic carbocycles. The molecule has 0 unspecified atom stereocenters. The largest absolute Gasteiger partial charge is 0.504 e. The van der Waals surface area contributed by atoms with Crippen molar-refractivity contribution in [2.75, 3.05) is 18.2 Å². The van der Waals surface area contributed by atoms with Crippen LogP contribution in [-0.2, 0) is 0 Å². The summed E-state index contributed by atoms with van der Waals surface area (Å²) < 4.78 is 5.01. The van der Waals surface area contributed by atoms with E-state index in [-0.39, 0.29) is 11.3 Å². The number of carbonyl (C=O) groups is 1. The zero-order valence-electron chi connectivity index (χ0n) is 10.8. The third-order valence-electron chi connectivity index (χ3n) is 2.75. The maximum atomic E-state index is 12.0. The number of benzene rings is 2. The second-order valence-corrected chi connectivity index (χ2v) is 4.08. The van der Waals surface area contributed by atoms with Gasteiger partial charge in [0.2, 0.25) is 0 Å². The average molecular weight is 274 g/mol. The van der Waals surface area contributed by atoms with Gasteiger partial charge in [0.25, 0.3) is 5.91 Å². The lowest BCUT2D eigenvalue weighted by Gasteiger charge is -2.10. The van der Waals surface area contributed by atoms with Crippen molar-refractivity contribution in [1.29, 1.82) is 0 Å². The average Bonchev–Trinajstić information content (AvgIpc) is 2.42. The third-order valence-corrected chi connectivity index (χ3v) is 2.75. The minimum absolute atomic E-state index is 0.0283. The quantitative estimate of drug-likeness (QED) is 0.505. The third kappa shape index (κ3) is 2.59. The number of nitrogens with two attached hydrogens (primary N) is 1. The van der Waals surface area contributed by atoms with Gasteiger partial charge < -0.3 is 26.0 Å². The smallest absolute Gasteiger partial charge is 0.259 e. The zero-order chi connectivity index (χ0) is 14.7. The molecular formula is C14H14N2O4. The first-order valence-electron chi connectivity index (χ1n) is 5.78. The van der Waals surface area contributed by atoms with Crippen molar-refractivity contribution < 1.29 is 19.7 Å². The van der Waals surface area contributed by atoms with Gasteiger partial charge in [0.05, 0.1) is 18.4 Å². The van der Waals surface area contributed by atoms with Crippen LogP contribution in [0.1, 0.15) is 10.4 Å². The van der Waals surface area contributed by atoms with E-state index in [1.165, 1.54) is 31.4 Å². The number of nitrogens with one attached hydrogen (secondary N) is 1. The zero-order valence-corrected chi connectivity index (χ0v) is 10.8. The van der Waals surface area contributed by atoms with E-state index in [2.05, 4.69) is 5.32 Å². The number of methoxy groups -OCH3 is 1. The first-order chi connectivity index (χ1) is 9.52. The van der Waals surface area contributed by atoms with Crippen LogP contribution in [-0.4, -0.2) is 23.2 Å². The molecule has 0 radical (unpaired) electrons. The molecule has 0 bridgehead atoms. The number of anilines is 2. The van der Waals surface area contributed by atoms with Crippen LogP contribution < -0.4 is 15.8 Å². The first-order valence-corrected chi connectivity index (χ1v) is 5.78. The van der Waals surface area contributed by atoms with Gasteiger partial charge in [-0.2, -0.15) is 0 Å². The molecule has 20 heavy (non-hydrogen) atoms. The number of hydrogen-bond acceptors (Lipinski definition) is 5. The number of para-hydroxylation sites is 1. The van der Waals surface area contributed by atoms with Gasteiger partial charge in [0.15, 0.2) is 11.5 Å². The molecule has 104 valence electrons. The first kappa shape index (κ1) is 13.5. The van der Waals surface area contributed by atoms with Crippen molar-refractivity contribution in [3.8, 4) is 17.2 Å². The van der Waals surface area contributed by atoms with Crippen molar-refractivity contribution in [2.24, 2.45) is 0 Å². The van der Waals surface area contributed by atoms with E-state index in [9.17, 15) is 15.0 Å². The van der Waals surface area contributed by atoms with Crippen molar-refractivity contribution in [1.82, 2.24) is 0 Å². The molecule has 0 aliphatic heterocycles. The Morgan fingerprint density at radius 3 is 2.65 bits per heavy atom. The number of nitrogen functional groups attached to an aromatic ring is 1. The Hall–Kier alpha value is -2.89. The lowest BCUT2D eigenvalue weighted by atomic mass is 10.1. The second-order valence-electron chi connectivity index (χ2n) is 4.08. The van der Waals surface area contributed by atoms with E-state index >= 15 is 0 Å². The number of phenols is 2. The summed E-state index contributed by atoms with van der Waals surface area (Å²) in [5.74, 6) is -0.871. The number of rotatable bonds is 3. The highest BCUT2D eigenvalue weighted by Crippen LogP contribution is 2.29. The van der Waals surface area contributed by atoms with Crippen molar-refractivity contribution in [3.05, 3.63) is 42.0 Å². The molecule has 0 aliphatic rings. The monoisotopic (exact) mass is 274 g/mol. The summed E-state index contributed by atoms with van der Waals surface area (Å²) in [7, 11) is 1.49. The molecule has 6 heteroatoms. The molecule has 2 aromatic carbocycles. The molecule has 0 atom stereocenters. The van der Waals surface area contributed by atoms with E-state index in [1.807, 2.05) is 0 Å². The number of aromatic hydroxyl groups is 2. The summed E-state index contributed by atoms with van der Waals surface area (Å²) in [6, 6.07) is 8.93.